The van der Waals surface area contributed by atoms with Gasteiger partial charge in [-0.25, -0.2) is 4.98 Å². The first-order valence-corrected chi connectivity index (χ1v) is 26.1. The molecule has 0 bridgehead atoms. The smallest absolute Gasteiger partial charge is 0.0230 e. The Balaban J connectivity index is 0.901. The number of esters is 1. The molecular formula is C60H65N2O3P. The summed E-state index contributed by atoms with van der Waals surface area (Å²) in [6, 6.07) is 68.5. The van der Waals surface area contributed by atoms with Gasteiger partial charge in [-0.1, -0.05) is 78.9 Å². The Kier molecular flexibility index (Phi) is 16.1. The van der Waals surface area contributed by atoms with E-state index in [-0.39, 0.29) is 17.8 Å². The number of pyridine rings is 1. The summed E-state index contributed by atoms with van der Waals surface area (Å²) in [4.78, 5) is 20.4. The molecule has 8 aromatic rings. The number of fused-ring (bicyclic) bond motifs is 2. The van der Waals surface area contributed by atoms with Crippen molar-refractivity contribution in [1.29, 1.82) is 0 Å². The van der Waals surface area contributed by atoms with E-state index < -0.39 is 7.26 Å². The minimum atomic E-state index is -2.26. The molecular weight excluding hydrogens is 828 g/mol. The van der Waals surface area contributed by atoms with E-state index in [0.29, 0.717) is 18.9 Å². The van der Waals surface area contributed by atoms with Crippen LogP contribution in [0.15, 0.2) is 188 Å². The van der Waals surface area contributed by atoms with Gasteiger partial charge in [0, 0.05) is 16.9 Å². The molecule has 0 aliphatic heterocycles. The maximum absolute atomic E-state index is 12.9. The maximum Gasteiger partial charge on any atom is 0.0230 e. The number of nitrogens with zero attached hydrogens (tertiary/aromatic N) is 2. The first-order chi connectivity index (χ1) is 32.4. The van der Waals surface area contributed by atoms with Crippen LogP contribution in [-0.4, -0.2) is 56.4 Å². The molecule has 1 unspecified atom stereocenters. The SMILES string of the molecule is COc1nc2ccc(CCCCOC(=O)CCCCC[PH](c3ccccc3)(c3ccccc3)c3ccccc3)cc2cc1[C@@H](c1ccccc1)C(CCN(C)C)c1cccc2ccccc12. The first-order valence-electron chi connectivity index (χ1n) is 23.9. The van der Waals surface area contributed by atoms with Crippen LogP contribution in [0, 0.1) is 0 Å². The van der Waals surface area contributed by atoms with Gasteiger partial charge in [-0.2, -0.15) is 0 Å². The van der Waals surface area contributed by atoms with E-state index in [1.54, 1.807) is 7.11 Å². The zero-order valence-electron chi connectivity index (χ0n) is 38.9. The van der Waals surface area contributed by atoms with Crippen LogP contribution in [0.5, 0.6) is 5.88 Å². The molecule has 7 aromatic carbocycles. The zero-order chi connectivity index (χ0) is 45.6. The Morgan fingerprint density at radius 1 is 0.606 bits per heavy atom. The summed E-state index contributed by atoms with van der Waals surface area (Å²) >= 11 is 0. The Labute approximate surface area is 393 Å². The van der Waals surface area contributed by atoms with Crippen molar-refractivity contribution in [1.82, 2.24) is 9.88 Å². The molecule has 0 N–H and O–H groups in total. The standard InChI is InChI=1S/C60H65N2O3P/c1-62(2)41-40-55(54-36-23-28-47-25-18-19-35-53(47)54)59(48-26-9-4-10-27-48)56-45-49-44-46(38-39-57(49)61-60(56)64-3)24-20-21-42-65-58(63)37-17-8-22-43-66(50-29-11-5-12-30-50,51-31-13-6-14-32-51)52-33-15-7-16-34-52/h4-7,9-16,18-19,23,25-36,38-39,44-45,55,59,66H,8,17,20-22,24,37,40-43H2,1-3H3/t55?,59-/m0/s1. The number of carbonyl (C=O) groups is 1. The van der Waals surface area contributed by atoms with E-state index in [9.17, 15) is 4.79 Å². The minimum absolute atomic E-state index is 0.00965. The quantitative estimate of drug-likeness (QED) is 0.0385. The molecule has 5 nitrogen and oxygen atoms in total. The van der Waals surface area contributed by atoms with Crippen LogP contribution >= 0.6 is 7.26 Å². The van der Waals surface area contributed by atoms with Gasteiger partial charge in [-0.05, 0) is 73.1 Å². The molecule has 0 saturated heterocycles. The fraction of sp³-hybridized carbons (Fsp3) is 0.267. The summed E-state index contributed by atoms with van der Waals surface area (Å²) in [5.41, 5.74) is 5.86. The molecule has 8 rings (SSSR count). The summed E-state index contributed by atoms with van der Waals surface area (Å²) in [5.74, 6) is 0.754. The predicted molar refractivity (Wildman–Crippen MR) is 280 cm³/mol. The van der Waals surface area contributed by atoms with E-state index in [0.717, 1.165) is 74.1 Å². The zero-order valence-corrected chi connectivity index (χ0v) is 39.9. The molecule has 338 valence electrons. The average Bonchev–Trinajstić information content (AvgIpc) is 3.36. The second-order valence-electron chi connectivity index (χ2n) is 18.0. The van der Waals surface area contributed by atoms with Gasteiger partial charge in [0.25, 0.3) is 0 Å². The maximum atomic E-state index is 12.9. The summed E-state index contributed by atoms with van der Waals surface area (Å²) in [5, 5.41) is 7.94. The normalized spacial score (nSPS) is 12.8. The van der Waals surface area contributed by atoms with Gasteiger partial charge >= 0.3 is 193 Å². The van der Waals surface area contributed by atoms with Crippen LogP contribution in [-0.2, 0) is 16.0 Å². The van der Waals surface area contributed by atoms with Crippen molar-refractivity contribution in [3.8, 4) is 5.88 Å². The number of rotatable bonds is 22. The van der Waals surface area contributed by atoms with Crippen molar-refractivity contribution in [2.45, 2.75) is 63.2 Å². The van der Waals surface area contributed by atoms with Crippen LogP contribution in [0.2, 0.25) is 0 Å². The number of benzene rings is 7. The fourth-order valence-electron chi connectivity index (χ4n) is 10.2. The average molecular weight is 893 g/mol. The molecule has 6 heteroatoms. The first kappa shape index (κ1) is 46.4. The summed E-state index contributed by atoms with van der Waals surface area (Å²) in [7, 11) is 3.79. The minimum Gasteiger partial charge on any atom is -0.309 e. The van der Waals surface area contributed by atoms with Gasteiger partial charge in [-0.15, -0.1) is 0 Å². The van der Waals surface area contributed by atoms with Gasteiger partial charge in [0.05, 0.1) is 12.6 Å². The van der Waals surface area contributed by atoms with E-state index in [1.807, 2.05) is 0 Å². The Morgan fingerprint density at radius 3 is 1.88 bits per heavy atom. The van der Waals surface area contributed by atoms with E-state index in [4.69, 9.17) is 14.5 Å². The van der Waals surface area contributed by atoms with Crippen LogP contribution in [0.4, 0.5) is 0 Å². The molecule has 0 spiro atoms. The molecule has 0 aliphatic rings. The number of aryl methyl sites for hydroxylation is 1. The Morgan fingerprint density at radius 2 is 1.23 bits per heavy atom. The number of hydrogen-bond donors (Lipinski definition) is 0. The van der Waals surface area contributed by atoms with E-state index in [2.05, 4.69) is 207 Å². The van der Waals surface area contributed by atoms with Gasteiger partial charge in [0.15, 0.2) is 0 Å². The number of methoxy groups -OCH3 is 1. The van der Waals surface area contributed by atoms with Crippen molar-refractivity contribution < 1.29 is 14.3 Å². The van der Waals surface area contributed by atoms with Crippen LogP contribution < -0.4 is 20.7 Å². The molecule has 1 heterocycles. The number of unbranched alkanes of at least 4 members (excludes halogenated alkanes) is 3. The third-order valence-corrected chi connectivity index (χ3v) is 18.5. The molecule has 0 fully saturated rings. The molecule has 0 saturated carbocycles. The van der Waals surface area contributed by atoms with E-state index >= 15 is 0 Å². The monoisotopic (exact) mass is 892 g/mol. The number of hydrogen-bond acceptors (Lipinski definition) is 5. The topological polar surface area (TPSA) is 51.7 Å². The van der Waals surface area contributed by atoms with Gasteiger partial charge in [-0.3, -0.25) is 0 Å². The molecule has 1 aromatic heterocycles. The van der Waals surface area contributed by atoms with Crippen molar-refractivity contribution >= 4 is 50.8 Å². The molecule has 2 atom stereocenters. The summed E-state index contributed by atoms with van der Waals surface area (Å²) in [6.45, 7) is 1.39. The second-order valence-corrected chi connectivity index (χ2v) is 22.1. The van der Waals surface area contributed by atoms with Gasteiger partial charge < -0.3 is 9.64 Å². The van der Waals surface area contributed by atoms with E-state index in [1.165, 1.54) is 43.4 Å². The third-order valence-electron chi connectivity index (χ3n) is 13.4. The van der Waals surface area contributed by atoms with Crippen molar-refractivity contribution in [2.75, 3.05) is 40.5 Å². The van der Waals surface area contributed by atoms with Gasteiger partial charge in [0.1, 0.15) is 0 Å². The Hall–Kier alpha value is -6.13. The number of carbonyl (C=O) groups excluding carboxylic acids is 1. The van der Waals surface area contributed by atoms with Crippen molar-refractivity contribution in [2.24, 2.45) is 0 Å². The predicted octanol–water partition coefficient (Wildman–Crippen LogP) is 12.4. The van der Waals surface area contributed by atoms with Crippen LogP contribution in [0.1, 0.15) is 79.0 Å². The largest absolute Gasteiger partial charge is 0.309 e. The second kappa shape index (κ2) is 22.9. The third kappa shape index (κ3) is 11.1. The number of aromatic nitrogens is 1. The molecule has 66 heavy (non-hydrogen) atoms. The summed E-state index contributed by atoms with van der Waals surface area (Å²) < 4.78 is 11.9. The molecule has 0 amide bonds. The van der Waals surface area contributed by atoms with Crippen LogP contribution in [0.25, 0.3) is 21.7 Å². The fourth-order valence-corrected chi connectivity index (χ4v) is 15.1. The Bertz CT molecular complexity index is 2660. The summed E-state index contributed by atoms with van der Waals surface area (Å²) in [6.07, 6.45) is 8.06. The van der Waals surface area contributed by atoms with Crippen LogP contribution in [0.3, 0.4) is 0 Å². The molecule has 0 radical (unpaired) electrons. The van der Waals surface area contributed by atoms with Crippen molar-refractivity contribution in [3.63, 3.8) is 0 Å². The van der Waals surface area contributed by atoms with Gasteiger partial charge in [0.2, 0.25) is 5.88 Å². The molecule has 0 aliphatic carbocycles. The number of ether oxygens (including phenoxy) is 2. The van der Waals surface area contributed by atoms with Crippen molar-refractivity contribution in [3.05, 3.63) is 210 Å².